The largest absolute Gasteiger partial charge is 0.370 e. The lowest BCUT2D eigenvalue weighted by atomic mass is 10.1. The van der Waals surface area contributed by atoms with Gasteiger partial charge in [-0.3, -0.25) is 0 Å². The van der Waals surface area contributed by atoms with Gasteiger partial charge in [0.2, 0.25) is 0 Å². The fourth-order valence-corrected chi connectivity index (χ4v) is 2.03. The van der Waals surface area contributed by atoms with Crippen LogP contribution >= 0.6 is 15.9 Å². The van der Waals surface area contributed by atoms with Gasteiger partial charge < -0.3 is 5.32 Å². The Morgan fingerprint density at radius 1 is 1.24 bits per heavy atom. The van der Waals surface area contributed by atoms with Gasteiger partial charge in [-0.2, -0.15) is 0 Å². The van der Waals surface area contributed by atoms with Gasteiger partial charge in [0.25, 0.3) is 0 Å². The number of anilines is 1. The fourth-order valence-electron chi connectivity index (χ4n) is 1.64. The Hall–Kier alpha value is -1.42. The maximum atomic E-state index is 4.46. The van der Waals surface area contributed by atoms with Gasteiger partial charge in [0.05, 0.1) is 5.69 Å². The van der Waals surface area contributed by atoms with Crippen molar-refractivity contribution in [3.63, 3.8) is 0 Å². The first-order valence-corrected chi connectivity index (χ1v) is 6.34. The number of halogens is 1. The Balaban J connectivity index is 2.44. The molecule has 0 bridgehead atoms. The standard InChI is InChI=1S/C13H14BrN3/c1-3-15-13-8-12(16-9(2)17-13)10-5-4-6-11(14)7-10/h4-8H,3H2,1-2H3,(H,15,16,17). The van der Waals surface area contributed by atoms with E-state index in [1.807, 2.05) is 31.2 Å². The number of hydrogen-bond acceptors (Lipinski definition) is 3. The van der Waals surface area contributed by atoms with Crippen molar-refractivity contribution in [2.45, 2.75) is 13.8 Å². The van der Waals surface area contributed by atoms with Gasteiger partial charge >= 0.3 is 0 Å². The average Bonchev–Trinajstić information content (AvgIpc) is 2.28. The van der Waals surface area contributed by atoms with E-state index in [1.54, 1.807) is 0 Å². The number of aromatic nitrogens is 2. The lowest BCUT2D eigenvalue weighted by molar-refractivity contribution is 1.04. The molecule has 2 rings (SSSR count). The summed E-state index contributed by atoms with van der Waals surface area (Å²) >= 11 is 3.47. The molecule has 0 aliphatic carbocycles. The highest BCUT2D eigenvalue weighted by Crippen LogP contribution is 2.23. The molecule has 0 radical (unpaired) electrons. The first-order chi connectivity index (χ1) is 8.19. The van der Waals surface area contributed by atoms with Crippen LogP contribution in [0.3, 0.4) is 0 Å². The SMILES string of the molecule is CCNc1cc(-c2cccc(Br)c2)nc(C)n1. The third-order valence-electron chi connectivity index (χ3n) is 2.32. The molecule has 0 saturated heterocycles. The van der Waals surface area contributed by atoms with E-state index in [-0.39, 0.29) is 0 Å². The number of nitrogens with one attached hydrogen (secondary N) is 1. The predicted molar refractivity (Wildman–Crippen MR) is 74.1 cm³/mol. The molecule has 4 heteroatoms. The Morgan fingerprint density at radius 3 is 2.76 bits per heavy atom. The number of benzene rings is 1. The summed E-state index contributed by atoms with van der Waals surface area (Å²) in [6.45, 7) is 4.81. The summed E-state index contributed by atoms with van der Waals surface area (Å²) in [7, 11) is 0. The Bertz CT molecular complexity index is 526. The van der Waals surface area contributed by atoms with Crippen LogP contribution in [0.1, 0.15) is 12.7 Å². The zero-order chi connectivity index (χ0) is 12.3. The molecule has 0 spiro atoms. The van der Waals surface area contributed by atoms with Crippen LogP contribution in [-0.4, -0.2) is 16.5 Å². The molecule has 0 unspecified atom stereocenters. The van der Waals surface area contributed by atoms with E-state index in [4.69, 9.17) is 0 Å². The molecule has 1 aromatic heterocycles. The van der Waals surface area contributed by atoms with Crippen molar-refractivity contribution >= 4 is 21.7 Å². The molecule has 0 saturated carbocycles. The van der Waals surface area contributed by atoms with Crippen molar-refractivity contribution in [2.24, 2.45) is 0 Å². The normalized spacial score (nSPS) is 10.3. The quantitative estimate of drug-likeness (QED) is 0.938. The predicted octanol–water partition coefficient (Wildman–Crippen LogP) is 3.65. The van der Waals surface area contributed by atoms with E-state index < -0.39 is 0 Å². The van der Waals surface area contributed by atoms with E-state index in [1.165, 1.54) is 0 Å². The number of aryl methyl sites for hydroxylation is 1. The minimum atomic E-state index is 0.776. The molecular formula is C13H14BrN3. The van der Waals surface area contributed by atoms with E-state index in [9.17, 15) is 0 Å². The van der Waals surface area contributed by atoms with Crippen molar-refractivity contribution < 1.29 is 0 Å². The molecule has 3 nitrogen and oxygen atoms in total. The Morgan fingerprint density at radius 2 is 2.06 bits per heavy atom. The number of rotatable bonds is 3. The summed E-state index contributed by atoms with van der Waals surface area (Å²) < 4.78 is 1.05. The molecule has 88 valence electrons. The second-order valence-corrected chi connectivity index (χ2v) is 4.64. The lowest BCUT2D eigenvalue weighted by Gasteiger charge is -2.07. The third kappa shape index (κ3) is 3.03. The summed E-state index contributed by atoms with van der Waals surface area (Å²) in [6.07, 6.45) is 0. The van der Waals surface area contributed by atoms with Crippen LogP contribution < -0.4 is 5.32 Å². The van der Waals surface area contributed by atoms with Crippen LogP contribution in [0.5, 0.6) is 0 Å². The Kier molecular flexibility index (Phi) is 3.74. The van der Waals surface area contributed by atoms with Crippen LogP contribution in [0, 0.1) is 6.92 Å². The van der Waals surface area contributed by atoms with E-state index in [2.05, 4.69) is 44.2 Å². The maximum Gasteiger partial charge on any atom is 0.130 e. The molecule has 17 heavy (non-hydrogen) atoms. The van der Waals surface area contributed by atoms with Crippen molar-refractivity contribution in [3.8, 4) is 11.3 Å². The summed E-state index contributed by atoms with van der Waals surface area (Å²) in [4.78, 5) is 8.79. The molecule has 1 heterocycles. The van der Waals surface area contributed by atoms with Gasteiger partial charge in [0.15, 0.2) is 0 Å². The Labute approximate surface area is 109 Å². The minimum absolute atomic E-state index is 0.776. The monoisotopic (exact) mass is 291 g/mol. The van der Waals surface area contributed by atoms with Gasteiger partial charge in [-0.05, 0) is 26.0 Å². The van der Waals surface area contributed by atoms with Gasteiger partial charge in [0, 0.05) is 22.6 Å². The van der Waals surface area contributed by atoms with Gasteiger partial charge in [-0.1, -0.05) is 28.1 Å². The average molecular weight is 292 g/mol. The molecular weight excluding hydrogens is 278 g/mol. The van der Waals surface area contributed by atoms with Crippen LogP contribution in [-0.2, 0) is 0 Å². The number of nitrogens with zero attached hydrogens (tertiary/aromatic N) is 2. The van der Waals surface area contributed by atoms with Gasteiger partial charge in [0.1, 0.15) is 11.6 Å². The van der Waals surface area contributed by atoms with Crippen LogP contribution in [0.2, 0.25) is 0 Å². The summed E-state index contributed by atoms with van der Waals surface area (Å²) in [5.74, 6) is 1.65. The highest BCUT2D eigenvalue weighted by molar-refractivity contribution is 9.10. The molecule has 0 amide bonds. The topological polar surface area (TPSA) is 37.8 Å². The van der Waals surface area contributed by atoms with Crippen LogP contribution in [0.25, 0.3) is 11.3 Å². The zero-order valence-electron chi connectivity index (χ0n) is 9.87. The van der Waals surface area contributed by atoms with Crippen LogP contribution in [0.15, 0.2) is 34.8 Å². The summed E-state index contributed by atoms with van der Waals surface area (Å²) in [5.41, 5.74) is 2.03. The minimum Gasteiger partial charge on any atom is -0.370 e. The lowest BCUT2D eigenvalue weighted by Crippen LogP contribution is -2.02. The molecule has 0 aliphatic rings. The summed E-state index contributed by atoms with van der Waals surface area (Å²) in [6, 6.07) is 10.1. The van der Waals surface area contributed by atoms with Crippen molar-refractivity contribution in [2.75, 3.05) is 11.9 Å². The molecule has 1 N–H and O–H groups in total. The molecule has 0 atom stereocenters. The van der Waals surface area contributed by atoms with Crippen molar-refractivity contribution in [3.05, 3.63) is 40.6 Å². The van der Waals surface area contributed by atoms with Crippen molar-refractivity contribution in [1.82, 2.24) is 9.97 Å². The number of hydrogen-bond donors (Lipinski definition) is 1. The molecule has 2 aromatic rings. The molecule has 1 aromatic carbocycles. The third-order valence-corrected chi connectivity index (χ3v) is 2.81. The smallest absolute Gasteiger partial charge is 0.130 e. The zero-order valence-corrected chi connectivity index (χ0v) is 11.5. The van der Waals surface area contributed by atoms with E-state index in [0.29, 0.717) is 0 Å². The molecule has 0 aliphatic heterocycles. The highest BCUT2D eigenvalue weighted by Gasteiger charge is 2.04. The van der Waals surface area contributed by atoms with E-state index >= 15 is 0 Å². The second-order valence-electron chi connectivity index (χ2n) is 3.73. The van der Waals surface area contributed by atoms with Gasteiger partial charge in [-0.15, -0.1) is 0 Å². The maximum absolute atomic E-state index is 4.46. The van der Waals surface area contributed by atoms with Gasteiger partial charge in [-0.25, -0.2) is 9.97 Å². The second kappa shape index (κ2) is 5.27. The highest BCUT2D eigenvalue weighted by atomic mass is 79.9. The molecule has 0 fully saturated rings. The first kappa shape index (κ1) is 12.0. The fraction of sp³-hybridized carbons (Fsp3) is 0.231. The first-order valence-electron chi connectivity index (χ1n) is 5.54. The van der Waals surface area contributed by atoms with Crippen LogP contribution in [0.4, 0.5) is 5.82 Å². The summed E-state index contributed by atoms with van der Waals surface area (Å²) in [5, 5.41) is 3.21. The van der Waals surface area contributed by atoms with E-state index in [0.717, 1.165) is 33.9 Å². The van der Waals surface area contributed by atoms with Crippen molar-refractivity contribution in [1.29, 1.82) is 0 Å².